The lowest BCUT2D eigenvalue weighted by Crippen LogP contribution is -2.46. The maximum absolute atomic E-state index is 12.5. The standard InChI is InChI=1S/C18H21N3O4/c1-19(2)18(25)14-8-5-10-20(14)15(22)9-11-21-16(23)12-6-3-4-7-13(12)17(21)24/h3-4,6-7,14H,5,8-11H2,1-2H3/t14-/m1/s1. The van der Waals surface area contributed by atoms with E-state index in [1.807, 2.05) is 0 Å². The Kier molecular flexibility index (Phi) is 4.57. The second-order valence-corrected chi connectivity index (χ2v) is 6.54. The van der Waals surface area contributed by atoms with Crippen LogP contribution in [0.4, 0.5) is 0 Å². The molecule has 1 aromatic rings. The van der Waals surface area contributed by atoms with Crippen LogP contribution >= 0.6 is 0 Å². The summed E-state index contributed by atoms with van der Waals surface area (Å²) in [5.74, 6) is -1.02. The van der Waals surface area contributed by atoms with Crippen molar-refractivity contribution in [1.29, 1.82) is 0 Å². The summed E-state index contributed by atoms with van der Waals surface area (Å²) in [5.41, 5.74) is 0.753. The first-order valence-electron chi connectivity index (χ1n) is 8.37. The number of carbonyl (C=O) groups excluding carboxylic acids is 4. The van der Waals surface area contributed by atoms with Crippen molar-refractivity contribution in [1.82, 2.24) is 14.7 Å². The van der Waals surface area contributed by atoms with Crippen LogP contribution in [0.1, 0.15) is 40.0 Å². The van der Waals surface area contributed by atoms with Crippen LogP contribution in [0, 0.1) is 0 Å². The number of likely N-dealkylation sites (tertiary alicyclic amines) is 1. The average molecular weight is 343 g/mol. The highest BCUT2D eigenvalue weighted by atomic mass is 16.2. The van der Waals surface area contributed by atoms with Crippen molar-refractivity contribution in [2.75, 3.05) is 27.2 Å². The Bertz CT molecular complexity index is 709. The highest BCUT2D eigenvalue weighted by Gasteiger charge is 2.37. The molecule has 1 aromatic carbocycles. The van der Waals surface area contributed by atoms with E-state index in [1.165, 1.54) is 4.90 Å². The van der Waals surface area contributed by atoms with Gasteiger partial charge in [-0.15, -0.1) is 0 Å². The van der Waals surface area contributed by atoms with E-state index in [-0.39, 0.29) is 36.6 Å². The van der Waals surface area contributed by atoms with Gasteiger partial charge < -0.3 is 9.80 Å². The molecule has 0 spiro atoms. The molecule has 0 bridgehead atoms. The SMILES string of the molecule is CN(C)C(=O)[C@H]1CCCN1C(=O)CCN1C(=O)c2ccccc2C1=O. The van der Waals surface area contributed by atoms with Crippen LogP contribution in [0.3, 0.4) is 0 Å². The van der Waals surface area contributed by atoms with Gasteiger partial charge in [0.15, 0.2) is 0 Å². The van der Waals surface area contributed by atoms with Gasteiger partial charge in [-0.1, -0.05) is 12.1 Å². The van der Waals surface area contributed by atoms with Crippen molar-refractivity contribution >= 4 is 23.6 Å². The maximum Gasteiger partial charge on any atom is 0.261 e. The molecule has 7 nitrogen and oxygen atoms in total. The number of rotatable bonds is 4. The number of hydrogen-bond acceptors (Lipinski definition) is 4. The van der Waals surface area contributed by atoms with Gasteiger partial charge in [-0.25, -0.2) is 0 Å². The Morgan fingerprint density at radius 1 is 1.12 bits per heavy atom. The molecule has 0 N–H and O–H groups in total. The molecule has 0 saturated carbocycles. The predicted molar refractivity (Wildman–Crippen MR) is 89.9 cm³/mol. The maximum atomic E-state index is 12.5. The molecule has 2 aliphatic rings. The van der Waals surface area contributed by atoms with Gasteiger partial charge in [0.1, 0.15) is 6.04 Å². The molecule has 132 valence electrons. The summed E-state index contributed by atoms with van der Waals surface area (Å²) in [7, 11) is 3.34. The van der Waals surface area contributed by atoms with Crippen LogP contribution in [-0.2, 0) is 9.59 Å². The van der Waals surface area contributed by atoms with Gasteiger partial charge >= 0.3 is 0 Å². The molecular formula is C18H21N3O4. The molecule has 0 unspecified atom stereocenters. The van der Waals surface area contributed by atoms with Gasteiger partial charge in [0.05, 0.1) is 11.1 Å². The Morgan fingerprint density at radius 2 is 1.72 bits per heavy atom. The zero-order chi connectivity index (χ0) is 18.1. The Hall–Kier alpha value is -2.70. The molecule has 2 aliphatic heterocycles. The predicted octanol–water partition coefficient (Wildman–Crippen LogP) is 0.752. The molecule has 1 atom stereocenters. The molecule has 4 amide bonds. The van der Waals surface area contributed by atoms with Gasteiger partial charge in [0, 0.05) is 33.6 Å². The number of amides is 4. The number of imide groups is 1. The third-order valence-electron chi connectivity index (χ3n) is 4.73. The van der Waals surface area contributed by atoms with Crippen molar-refractivity contribution in [3.05, 3.63) is 35.4 Å². The van der Waals surface area contributed by atoms with Crippen LogP contribution in [-0.4, -0.2) is 71.6 Å². The van der Waals surface area contributed by atoms with Crippen molar-refractivity contribution in [2.24, 2.45) is 0 Å². The molecule has 2 heterocycles. The monoisotopic (exact) mass is 343 g/mol. The van der Waals surface area contributed by atoms with Gasteiger partial charge in [0.25, 0.3) is 11.8 Å². The first-order chi connectivity index (χ1) is 11.9. The van der Waals surface area contributed by atoms with Crippen molar-refractivity contribution in [3.63, 3.8) is 0 Å². The Morgan fingerprint density at radius 3 is 2.28 bits per heavy atom. The van der Waals surface area contributed by atoms with E-state index in [9.17, 15) is 19.2 Å². The van der Waals surface area contributed by atoms with Crippen molar-refractivity contribution in [3.8, 4) is 0 Å². The highest BCUT2D eigenvalue weighted by Crippen LogP contribution is 2.24. The molecular weight excluding hydrogens is 322 g/mol. The van der Waals surface area contributed by atoms with E-state index in [4.69, 9.17) is 0 Å². The fourth-order valence-corrected chi connectivity index (χ4v) is 3.41. The number of hydrogen-bond donors (Lipinski definition) is 0. The van der Waals surface area contributed by atoms with E-state index >= 15 is 0 Å². The fourth-order valence-electron chi connectivity index (χ4n) is 3.41. The van der Waals surface area contributed by atoms with Crippen LogP contribution in [0.25, 0.3) is 0 Å². The third-order valence-corrected chi connectivity index (χ3v) is 4.73. The highest BCUT2D eigenvalue weighted by molar-refractivity contribution is 6.21. The molecule has 1 fully saturated rings. The van der Waals surface area contributed by atoms with E-state index in [2.05, 4.69) is 0 Å². The van der Waals surface area contributed by atoms with E-state index in [0.717, 1.165) is 11.3 Å². The lowest BCUT2D eigenvalue weighted by Gasteiger charge is -2.26. The van der Waals surface area contributed by atoms with Crippen LogP contribution in [0.5, 0.6) is 0 Å². The minimum absolute atomic E-state index is 0.0304. The summed E-state index contributed by atoms with van der Waals surface area (Å²) in [4.78, 5) is 53.5. The van der Waals surface area contributed by atoms with Crippen molar-refractivity contribution < 1.29 is 19.2 Å². The van der Waals surface area contributed by atoms with Crippen LogP contribution in [0.2, 0.25) is 0 Å². The Balaban J connectivity index is 1.64. The molecule has 25 heavy (non-hydrogen) atoms. The van der Waals surface area contributed by atoms with E-state index in [1.54, 1.807) is 43.3 Å². The van der Waals surface area contributed by atoms with Gasteiger partial charge in [-0.3, -0.25) is 24.1 Å². The topological polar surface area (TPSA) is 78.0 Å². The first kappa shape index (κ1) is 17.1. The van der Waals surface area contributed by atoms with E-state index in [0.29, 0.717) is 24.1 Å². The second-order valence-electron chi connectivity index (χ2n) is 6.54. The zero-order valence-electron chi connectivity index (χ0n) is 14.4. The largest absolute Gasteiger partial charge is 0.347 e. The lowest BCUT2D eigenvalue weighted by molar-refractivity contribution is -0.142. The van der Waals surface area contributed by atoms with Crippen molar-refractivity contribution in [2.45, 2.75) is 25.3 Å². The normalized spacial score (nSPS) is 19.4. The smallest absolute Gasteiger partial charge is 0.261 e. The summed E-state index contributed by atoms with van der Waals surface area (Å²) in [6.45, 7) is 0.565. The number of fused-ring (bicyclic) bond motifs is 1. The summed E-state index contributed by atoms with van der Waals surface area (Å²) < 4.78 is 0. The summed E-state index contributed by atoms with van der Waals surface area (Å²) in [6, 6.07) is 6.21. The third kappa shape index (κ3) is 3.01. The lowest BCUT2D eigenvalue weighted by atomic mass is 10.1. The summed E-state index contributed by atoms with van der Waals surface area (Å²) in [5, 5.41) is 0. The average Bonchev–Trinajstić information content (AvgIpc) is 3.17. The first-order valence-corrected chi connectivity index (χ1v) is 8.37. The molecule has 0 aromatic heterocycles. The van der Waals surface area contributed by atoms with Gasteiger partial charge in [-0.05, 0) is 25.0 Å². The quantitative estimate of drug-likeness (QED) is 0.756. The fraction of sp³-hybridized carbons (Fsp3) is 0.444. The molecule has 7 heteroatoms. The number of benzene rings is 1. The second kappa shape index (κ2) is 6.66. The number of nitrogens with zero attached hydrogens (tertiary/aromatic N) is 3. The summed E-state index contributed by atoms with van der Waals surface area (Å²) >= 11 is 0. The van der Waals surface area contributed by atoms with Gasteiger partial charge in [0.2, 0.25) is 11.8 Å². The molecule has 0 aliphatic carbocycles. The van der Waals surface area contributed by atoms with E-state index < -0.39 is 6.04 Å². The Labute approximate surface area is 146 Å². The van der Waals surface area contributed by atoms with Gasteiger partial charge in [-0.2, -0.15) is 0 Å². The number of carbonyl (C=O) groups is 4. The number of likely N-dealkylation sites (N-methyl/N-ethyl adjacent to an activating group) is 1. The van der Waals surface area contributed by atoms with Crippen LogP contribution in [0.15, 0.2) is 24.3 Å². The minimum atomic E-state index is -0.440. The van der Waals surface area contributed by atoms with Crippen LogP contribution < -0.4 is 0 Å². The summed E-state index contributed by atoms with van der Waals surface area (Å²) in [6.07, 6.45) is 1.46. The molecule has 1 saturated heterocycles. The molecule has 0 radical (unpaired) electrons. The minimum Gasteiger partial charge on any atom is -0.347 e. The zero-order valence-corrected chi connectivity index (χ0v) is 14.4. The molecule has 3 rings (SSSR count).